The van der Waals surface area contributed by atoms with Gasteiger partial charge in [-0.15, -0.1) is 0 Å². The Kier molecular flexibility index (Phi) is 13.5. The van der Waals surface area contributed by atoms with Gasteiger partial charge in [-0.2, -0.15) is 0 Å². The lowest BCUT2D eigenvalue weighted by Crippen LogP contribution is -2.52. The molecule has 112 valence electrons. The van der Waals surface area contributed by atoms with Crippen molar-refractivity contribution in [2.45, 2.75) is 73.3 Å². The molecular formula is C16H38N2. The van der Waals surface area contributed by atoms with Crippen LogP contribution in [0.25, 0.3) is 0 Å². The molecule has 2 rings (SSSR count). The zero-order valence-electron chi connectivity index (χ0n) is 14.3. The summed E-state index contributed by atoms with van der Waals surface area (Å²) < 4.78 is 0. The van der Waals surface area contributed by atoms with Crippen LogP contribution in [0.5, 0.6) is 0 Å². The van der Waals surface area contributed by atoms with E-state index in [0.717, 1.165) is 11.5 Å². The summed E-state index contributed by atoms with van der Waals surface area (Å²) in [6.45, 7) is 14.6. The van der Waals surface area contributed by atoms with Crippen molar-refractivity contribution in [3.05, 3.63) is 0 Å². The molecule has 1 aliphatic heterocycles. The lowest BCUT2D eigenvalue weighted by molar-refractivity contribution is 0.0161. The number of rotatable bonds is 1. The lowest BCUT2D eigenvalue weighted by Gasteiger charge is -2.51. The molecule has 2 fully saturated rings. The molecule has 2 aliphatic rings. The normalized spacial score (nSPS) is 21.3. The van der Waals surface area contributed by atoms with E-state index < -0.39 is 0 Å². The fourth-order valence-corrected chi connectivity index (χ4v) is 2.69. The Hall–Kier alpha value is -0.0800. The average Bonchev–Trinajstić information content (AvgIpc) is 2.44. The maximum absolute atomic E-state index is 3.37. The third-order valence-corrected chi connectivity index (χ3v) is 3.81. The van der Waals surface area contributed by atoms with Gasteiger partial charge in [0, 0.05) is 6.04 Å². The molecule has 0 bridgehead atoms. The van der Waals surface area contributed by atoms with Crippen molar-refractivity contribution in [3.63, 3.8) is 0 Å². The molecule has 0 unspecified atom stereocenters. The third-order valence-electron chi connectivity index (χ3n) is 3.81. The molecule has 0 aromatic rings. The molecule has 1 aliphatic carbocycles. The van der Waals surface area contributed by atoms with Gasteiger partial charge < -0.3 is 10.2 Å². The SMILES string of the molecule is CC.CC.CC.CNC1CC2(CCN(C)CC2)C1. The van der Waals surface area contributed by atoms with Gasteiger partial charge in [0.25, 0.3) is 0 Å². The van der Waals surface area contributed by atoms with Gasteiger partial charge in [-0.1, -0.05) is 41.5 Å². The highest BCUT2D eigenvalue weighted by Gasteiger charge is 2.44. The van der Waals surface area contributed by atoms with E-state index in [9.17, 15) is 0 Å². The molecule has 1 saturated heterocycles. The van der Waals surface area contributed by atoms with Crippen molar-refractivity contribution < 1.29 is 0 Å². The summed E-state index contributed by atoms with van der Waals surface area (Å²) in [7, 11) is 4.33. The minimum Gasteiger partial charge on any atom is -0.317 e. The maximum atomic E-state index is 3.37. The highest BCUT2D eigenvalue weighted by Crippen LogP contribution is 2.48. The number of nitrogens with one attached hydrogen (secondary N) is 1. The molecule has 1 saturated carbocycles. The number of piperidine rings is 1. The van der Waals surface area contributed by atoms with Crippen LogP contribution < -0.4 is 5.32 Å². The second kappa shape index (κ2) is 12.0. The topological polar surface area (TPSA) is 15.3 Å². The van der Waals surface area contributed by atoms with Crippen molar-refractivity contribution in [3.8, 4) is 0 Å². The molecular weight excluding hydrogens is 220 g/mol. The summed E-state index contributed by atoms with van der Waals surface area (Å²) in [6, 6.07) is 0.827. The first kappa shape index (κ1) is 20.2. The Morgan fingerprint density at radius 1 is 0.889 bits per heavy atom. The molecule has 2 nitrogen and oxygen atoms in total. The minimum absolute atomic E-state index is 0.750. The number of hydrogen-bond acceptors (Lipinski definition) is 2. The Bertz CT molecular complexity index is 145. The summed E-state index contributed by atoms with van der Waals surface area (Å²) in [4.78, 5) is 2.46. The predicted octanol–water partition coefficient (Wildman–Crippen LogP) is 4.16. The van der Waals surface area contributed by atoms with Crippen LogP contribution in [0.15, 0.2) is 0 Å². The van der Waals surface area contributed by atoms with E-state index in [0.29, 0.717) is 0 Å². The largest absolute Gasteiger partial charge is 0.317 e. The molecule has 0 amide bonds. The summed E-state index contributed by atoms with van der Waals surface area (Å²) in [5.41, 5.74) is 0.750. The summed E-state index contributed by atoms with van der Waals surface area (Å²) in [5, 5.41) is 3.37. The number of hydrogen-bond donors (Lipinski definition) is 1. The van der Waals surface area contributed by atoms with E-state index in [1.807, 2.05) is 41.5 Å². The van der Waals surface area contributed by atoms with Crippen molar-refractivity contribution in [1.29, 1.82) is 0 Å². The molecule has 0 atom stereocenters. The Morgan fingerprint density at radius 2 is 1.28 bits per heavy atom. The van der Waals surface area contributed by atoms with Crippen LogP contribution in [0, 0.1) is 5.41 Å². The summed E-state index contributed by atoms with van der Waals surface area (Å²) in [6.07, 6.45) is 5.72. The maximum Gasteiger partial charge on any atom is 0.00746 e. The van der Waals surface area contributed by atoms with Gasteiger partial charge in [0.15, 0.2) is 0 Å². The van der Waals surface area contributed by atoms with Crippen molar-refractivity contribution in [1.82, 2.24) is 10.2 Å². The molecule has 1 N–H and O–H groups in total. The monoisotopic (exact) mass is 258 g/mol. The second-order valence-corrected chi connectivity index (χ2v) is 4.70. The number of nitrogens with zero attached hydrogens (tertiary/aromatic N) is 1. The zero-order valence-corrected chi connectivity index (χ0v) is 14.3. The van der Waals surface area contributed by atoms with Gasteiger partial charge >= 0.3 is 0 Å². The highest BCUT2D eigenvalue weighted by molar-refractivity contribution is 4.99. The molecule has 0 aromatic heterocycles. The standard InChI is InChI=1S/C10H20N2.3C2H6/c1-11-9-7-10(8-9)3-5-12(2)6-4-10;3*1-2/h9,11H,3-8H2,1-2H3;3*1-2H3. The molecule has 2 heteroatoms. The van der Waals surface area contributed by atoms with Crippen LogP contribution >= 0.6 is 0 Å². The van der Waals surface area contributed by atoms with E-state index in [2.05, 4.69) is 24.3 Å². The summed E-state index contributed by atoms with van der Waals surface area (Å²) >= 11 is 0. The predicted molar refractivity (Wildman–Crippen MR) is 85.3 cm³/mol. The first-order valence-electron chi connectivity index (χ1n) is 8.10. The van der Waals surface area contributed by atoms with Crippen LogP contribution in [-0.2, 0) is 0 Å². The molecule has 0 aromatic carbocycles. The van der Waals surface area contributed by atoms with Crippen LogP contribution in [0.2, 0.25) is 0 Å². The fraction of sp³-hybridized carbons (Fsp3) is 1.00. The smallest absolute Gasteiger partial charge is 0.00746 e. The lowest BCUT2D eigenvalue weighted by atomic mass is 9.60. The van der Waals surface area contributed by atoms with Gasteiger partial charge in [0.1, 0.15) is 0 Å². The van der Waals surface area contributed by atoms with E-state index in [-0.39, 0.29) is 0 Å². The van der Waals surface area contributed by atoms with Crippen molar-refractivity contribution >= 4 is 0 Å². The third kappa shape index (κ3) is 6.19. The first-order chi connectivity index (χ1) is 8.74. The van der Waals surface area contributed by atoms with E-state index >= 15 is 0 Å². The van der Waals surface area contributed by atoms with Gasteiger partial charge in [0.2, 0.25) is 0 Å². The van der Waals surface area contributed by atoms with Crippen LogP contribution in [-0.4, -0.2) is 38.1 Å². The Morgan fingerprint density at radius 3 is 1.61 bits per heavy atom. The zero-order chi connectivity index (χ0) is 14.6. The molecule has 0 radical (unpaired) electrons. The quantitative estimate of drug-likeness (QED) is 0.760. The minimum atomic E-state index is 0.750. The van der Waals surface area contributed by atoms with Gasteiger partial charge in [-0.05, 0) is 58.3 Å². The van der Waals surface area contributed by atoms with Crippen LogP contribution in [0.3, 0.4) is 0 Å². The van der Waals surface area contributed by atoms with Gasteiger partial charge in [-0.3, -0.25) is 0 Å². The second-order valence-electron chi connectivity index (χ2n) is 4.70. The van der Waals surface area contributed by atoms with Crippen LogP contribution in [0.4, 0.5) is 0 Å². The number of likely N-dealkylation sites (tertiary alicyclic amines) is 1. The summed E-state index contributed by atoms with van der Waals surface area (Å²) in [5.74, 6) is 0. The van der Waals surface area contributed by atoms with Gasteiger partial charge in [0.05, 0.1) is 0 Å². The van der Waals surface area contributed by atoms with Crippen LogP contribution in [0.1, 0.15) is 67.2 Å². The Balaban J connectivity index is 0. The van der Waals surface area contributed by atoms with Gasteiger partial charge in [-0.25, -0.2) is 0 Å². The first-order valence-corrected chi connectivity index (χ1v) is 8.10. The molecule has 1 spiro atoms. The fourth-order valence-electron chi connectivity index (χ4n) is 2.69. The van der Waals surface area contributed by atoms with E-state index in [1.54, 1.807) is 0 Å². The van der Waals surface area contributed by atoms with Crippen molar-refractivity contribution in [2.75, 3.05) is 27.2 Å². The average molecular weight is 258 g/mol. The van der Waals surface area contributed by atoms with E-state index in [1.165, 1.54) is 38.8 Å². The van der Waals surface area contributed by atoms with Crippen molar-refractivity contribution in [2.24, 2.45) is 5.41 Å². The Labute approximate surface area is 117 Å². The van der Waals surface area contributed by atoms with E-state index in [4.69, 9.17) is 0 Å². The molecule has 1 heterocycles. The molecule has 18 heavy (non-hydrogen) atoms. The highest BCUT2D eigenvalue weighted by atomic mass is 15.1.